The molecule has 1 unspecified atom stereocenters. The van der Waals surface area contributed by atoms with E-state index in [0.717, 1.165) is 19.5 Å². The fourth-order valence-corrected chi connectivity index (χ4v) is 1.95. The molecule has 1 heterocycles. The fourth-order valence-electron chi connectivity index (χ4n) is 1.95. The Bertz CT molecular complexity index is 356. The second-order valence-corrected chi connectivity index (χ2v) is 3.75. The number of ether oxygens (including phenoxy) is 1. The van der Waals surface area contributed by atoms with E-state index in [1.54, 1.807) is 7.11 Å². The molecule has 0 aliphatic carbocycles. The van der Waals surface area contributed by atoms with Gasteiger partial charge in [0.1, 0.15) is 5.75 Å². The summed E-state index contributed by atoms with van der Waals surface area (Å²) in [5.74, 6) is 0.980. The van der Waals surface area contributed by atoms with Crippen LogP contribution in [0.25, 0.3) is 0 Å². The first-order chi connectivity index (χ1) is 7.33. The van der Waals surface area contributed by atoms with Crippen molar-refractivity contribution in [2.24, 2.45) is 5.92 Å². The van der Waals surface area contributed by atoms with Gasteiger partial charge in [-0.05, 0) is 25.1 Å². The van der Waals surface area contributed by atoms with Crippen molar-refractivity contribution in [3.05, 3.63) is 29.8 Å². The second kappa shape index (κ2) is 4.45. The molecule has 1 aromatic rings. The molecule has 1 saturated heterocycles. The second-order valence-electron chi connectivity index (χ2n) is 3.75. The summed E-state index contributed by atoms with van der Waals surface area (Å²) >= 11 is 0. The largest absolute Gasteiger partial charge is 0.496 e. The number of hydrogen-bond acceptors (Lipinski definition) is 3. The van der Waals surface area contributed by atoms with Crippen LogP contribution >= 0.6 is 0 Å². The van der Waals surface area contributed by atoms with Crippen molar-refractivity contribution < 1.29 is 9.53 Å². The van der Waals surface area contributed by atoms with Gasteiger partial charge in [-0.25, -0.2) is 0 Å². The molecule has 0 radical (unpaired) electrons. The number of benzene rings is 1. The number of nitrogens with one attached hydrogen (secondary N) is 1. The van der Waals surface area contributed by atoms with E-state index in [-0.39, 0.29) is 11.7 Å². The van der Waals surface area contributed by atoms with Crippen LogP contribution in [-0.2, 0) is 0 Å². The maximum absolute atomic E-state index is 12.1. The third kappa shape index (κ3) is 2.02. The summed E-state index contributed by atoms with van der Waals surface area (Å²) in [6.07, 6.45) is 0.927. The summed E-state index contributed by atoms with van der Waals surface area (Å²) in [6.45, 7) is 1.72. The Hall–Kier alpha value is -1.35. The van der Waals surface area contributed by atoms with Crippen molar-refractivity contribution >= 4 is 5.78 Å². The normalized spacial score (nSPS) is 20.2. The maximum atomic E-state index is 12.1. The molecule has 1 aromatic carbocycles. The molecular formula is C12H15NO2. The summed E-state index contributed by atoms with van der Waals surface area (Å²) in [4.78, 5) is 12.1. The van der Waals surface area contributed by atoms with Crippen molar-refractivity contribution in [1.29, 1.82) is 0 Å². The minimum atomic E-state index is 0.112. The Morgan fingerprint density at radius 3 is 2.93 bits per heavy atom. The van der Waals surface area contributed by atoms with Gasteiger partial charge in [0.05, 0.1) is 12.7 Å². The van der Waals surface area contributed by atoms with Gasteiger partial charge in [0.2, 0.25) is 0 Å². The van der Waals surface area contributed by atoms with Gasteiger partial charge in [-0.15, -0.1) is 0 Å². The van der Waals surface area contributed by atoms with Gasteiger partial charge < -0.3 is 10.1 Å². The van der Waals surface area contributed by atoms with E-state index in [1.807, 2.05) is 24.3 Å². The third-order valence-electron chi connectivity index (χ3n) is 2.80. The summed E-state index contributed by atoms with van der Waals surface area (Å²) in [5, 5.41) is 3.20. The molecule has 1 aliphatic rings. The lowest BCUT2D eigenvalue weighted by Crippen LogP contribution is -2.18. The van der Waals surface area contributed by atoms with E-state index in [9.17, 15) is 4.79 Å². The quantitative estimate of drug-likeness (QED) is 0.760. The number of hydrogen-bond donors (Lipinski definition) is 1. The van der Waals surface area contributed by atoms with Crippen LogP contribution < -0.4 is 10.1 Å². The molecule has 0 spiro atoms. The van der Waals surface area contributed by atoms with Gasteiger partial charge in [0, 0.05) is 12.5 Å². The summed E-state index contributed by atoms with van der Waals surface area (Å²) < 4.78 is 5.18. The highest BCUT2D eigenvalue weighted by Crippen LogP contribution is 2.23. The van der Waals surface area contributed by atoms with Crippen LogP contribution in [-0.4, -0.2) is 26.0 Å². The Balaban J connectivity index is 2.24. The molecule has 1 fully saturated rings. The number of carbonyl (C=O) groups is 1. The Labute approximate surface area is 89.4 Å². The predicted octanol–water partition coefficient (Wildman–Crippen LogP) is 1.49. The van der Waals surface area contributed by atoms with Crippen LogP contribution in [0.2, 0.25) is 0 Å². The lowest BCUT2D eigenvalue weighted by molar-refractivity contribution is 0.0927. The van der Waals surface area contributed by atoms with Gasteiger partial charge in [0.25, 0.3) is 0 Å². The van der Waals surface area contributed by atoms with Crippen LogP contribution in [0.15, 0.2) is 24.3 Å². The topological polar surface area (TPSA) is 38.3 Å². The number of para-hydroxylation sites is 1. The average molecular weight is 205 g/mol. The van der Waals surface area contributed by atoms with Gasteiger partial charge in [-0.3, -0.25) is 4.79 Å². The highest BCUT2D eigenvalue weighted by Gasteiger charge is 2.25. The summed E-state index contributed by atoms with van der Waals surface area (Å²) in [6, 6.07) is 7.41. The molecule has 0 bridgehead atoms. The van der Waals surface area contributed by atoms with Crippen LogP contribution in [0, 0.1) is 5.92 Å². The van der Waals surface area contributed by atoms with E-state index in [2.05, 4.69) is 5.32 Å². The van der Waals surface area contributed by atoms with Gasteiger partial charge in [0.15, 0.2) is 5.78 Å². The molecule has 0 aromatic heterocycles. The minimum Gasteiger partial charge on any atom is -0.496 e. The highest BCUT2D eigenvalue weighted by atomic mass is 16.5. The number of methoxy groups -OCH3 is 1. The molecule has 15 heavy (non-hydrogen) atoms. The van der Waals surface area contributed by atoms with E-state index >= 15 is 0 Å². The number of rotatable bonds is 3. The van der Waals surface area contributed by atoms with E-state index in [0.29, 0.717) is 11.3 Å². The standard InChI is InChI=1S/C12H15NO2/c1-15-11-5-3-2-4-10(11)12(14)9-6-7-13-8-9/h2-5,9,13H,6-8H2,1H3. The first-order valence-electron chi connectivity index (χ1n) is 5.21. The zero-order chi connectivity index (χ0) is 10.7. The molecule has 1 aliphatic heterocycles. The number of carbonyl (C=O) groups excluding carboxylic acids is 1. The van der Waals surface area contributed by atoms with Crippen LogP contribution in [0.4, 0.5) is 0 Å². The van der Waals surface area contributed by atoms with E-state index in [4.69, 9.17) is 4.74 Å². The Morgan fingerprint density at radius 2 is 2.27 bits per heavy atom. The van der Waals surface area contributed by atoms with Gasteiger partial charge in [-0.1, -0.05) is 12.1 Å². The highest BCUT2D eigenvalue weighted by molar-refractivity contribution is 6.00. The minimum absolute atomic E-state index is 0.112. The first kappa shape index (κ1) is 10.2. The van der Waals surface area contributed by atoms with Gasteiger partial charge >= 0.3 is 0 Å². The van der Waals surface area contributed by atoms with Crippen molar-refractivity contribution in [3.63, 3.8) is 0 Å². The zero-order valence-electron chi connectivity index (χ0n) is 8.82. The average Bonchev–Trinajstić information content (AvgIpc) is 2.81. The fraction of sp³-hybridized carbons (Fsp3) is 0.417. The molecule has 0 saturated carbocycles. The molecule has 0 amide bonds. The first-order valence-corrected chi connectivity index (χ1v) is 5.21. The van der Waals surface area contributed by atoms with E-state index in [1.165, 1.54) is 0 Å². The third-order valence-corrected chi connectivity index (χ3v) is 2.80. The van der Waals surface area contributed by atoms with Crippen molar-refractivity contribution in [2.75, 3.05) is 20.2 Å². The lowest BCUT2D eigenvalue weighted by Gasteiger charge is -2.10. The molecule has 80 valence electrons. The molecule has 3 heteroatoms. The Morgan fingerprint density at radius 1 is 1.47 bits per heavy atom. The van der Waals surface area contributed by atoms with E-state index < -0.39 is 0 Å². The monoisotopic (exact) mass is 205 g/mol. The van der Waals surface area contributed by atoms with Crippen molar-refractivity contribution in [3.8, 4) is 5.75 Å². The lowest BCUT2D eigenvalue weighted by atomic mass is 9.96. The van der Waals surface area contributed by atoms with Crippen molar-refractivity contribution in [2.45, 2.75) is 6.42 Å². The van der Waals surface area contributed by atoms with Crippen LogP contribution in [0.5, 0.6) is 5.75 Å². The molecular weight excluding hydrogens is 190 g/mol. The molecule has 2 rings (SSSR count). The zero-order valence-corrected chi connectivity index (χ0v) is 8.82. The molecule has 1 atom stereocenters. The Kier molecular flexibility index (Phi) is 3.02. The van der Waals surface area contributed by atoms with Gasteiger partial charge in [-0.2, -0.15) is 0 Å². The smallest absolute Gasteiger partial charge is 0.170 e. The summed E-state index contributed by atoms with van der Waals surface area (Å²) in [7, 11) is 1.60. The van der Waals surface area contributed by atoms with Crippen LogP contribution in [0.3, 0.4) is 0 Å². The molecule has 3 nitrogen and oxygen atoms in total. The summed E-state index contributed by atoms with van der Waals surface area (Å²) in [5.41, 5.74) is 0.703. The predicted molar refractivity (Wildman–Crippen MR) is 58.3 cm³/mol. The molecule has 1 N–H and O–H groups in total. The SMILES string of the molecule is COc1ccccc1C(=O)C1CCNC1. The van der Waals surface area contributed by atoms with Crippen molar-refractivity contribution in [1.82, 2.24) is 5.32 Å². The van der Waals surface area contributed by atoms with Crippen LogP contribution in [0.1, 0.15) is 16.8 Å². The maximum Gasteiger partial charge on any atom is 0.170 e. The number of Topliss-reactive ketones (excluding diaryl/α,β-unsaturated/α-hetero) is 1. The number of ketones is 1.